The number of hydrogen-bond acceptors (Lipinski definition) is 4. The summed E-state index contributed by atoms with van der Waals surface area (Å²) in [5.74, 6) is 0.385. The Bertz CT molecular complexity index is 589. The van der Waals surface area contributed by atoms with Crippen molar-refractivity contribution in [3.63, 3.8) is 0 Å². The van der Waals surface area contributed by atoms with Crippen molar-refractivity contribution >= 4 is 5.82 Å². The van der Waals surface area contributed by atoms with E-state index in [9.17, 15) is 4.39 Å². The third-order valence-corrected chi connectivity index (χ3v) is 3.28. The summed E-state index contributed by atoms with van der Waals surface area (Å²) in [7, 11) is 3.31. The summed E-state index contributed by atoms with van der Waals surface area (Å²) in [5, 5.41) is 3.20. The van der Waals surface area contributed by atoms with Gasteiger partial charge >= 0.3 is 0 Å². The number of anilines is 1. The lowest BCUT2D eigenvalue weighted by Crippen LogP contribution is -2.19. The van der Waals surface area contributed by atoms with Crippen LogP contribution in [0.1, 0.15) is 17.2 Å². The zero-order valence-corrected chi connectivity index (χ0v) is 11.6. The van der Waals surface area contributed by atoms with Crippen LogP contribution in [0, 0.1) is 5.82 Å². The van der Waals surface area contributed by atoms with Crippen molar-refractivity contribution in [2.45, 2.75) is 12.5 Å². The van der Waals surface area contributed by atoms with Gasteiger partial charge in [0.25, 0.3) is 0 Å². The Morgan fingerprint density at radius 3 is 2.85 bits per heavy atom. The van der Waals surface area contributed by atoms with Crippen LogP contribution >= 0.6 is 0 Å². The second-order valence-corrected chi connectivity index (χ2v) is 4.49. The summed E-state index contributed by atoms with van der Waals surface area (Å²) in [4.78, 5) is 4.07. The quantitative estimate of drug-likeness (QED) is 0.879. The van der Waals surface area contributed by atoms with Crippen LogP contribution in [0.4, 0.5) is 10.2 Å². The Hall–Kier alpha value is -2.14. The molecule has 0 radical (unpaired) electrons. The van der Waals surface area contributed by atoms with Crippen LogP contribution in [0.5, 0.6) is 5.75 Å². The SMILES string of the molecule is CNC(Cc1cccnc1N)c1ccc(F)c(OC)c1. The number of rotatable bonds is 5. The number of nitrogens with zero attached hydrogens (tertiary/aromatic N) is 1. The first-order chi connectivity index (χ1) is 9.65. The van der Waals surface area contributed by atoms with Crippen LogP contribution in [0.15, 0.2) is 36.5 Å². The maximum Gasteiger partial charge on any atom is 0.165 e. The highest BCUT2D eigenvalue weighted by Crippen LogP contribution is 2.25. The van der Waals surface area contributed by atoms with Gasteiger partial charge in [-0.2, -0.15) is 0 Å². The number of benzene rings is 1. The van der Waals surface area contributed by atoms with Crippen molar-refractivity contribution in [2.24, 2.45) is 0 Å². The molecule has 1 heterocycles. The van der Waals surface area contributed by atoms with Gasteiger partial charge in [0.1, 0.15) is 5.82 Å². The molecule has 1 aromatic heterocycles. The molecule has 2 rings (SSSR count). The molecule has 4 nitrogen and oxygen atoms in total. The standard InChI is InChI=1S/C15H18FN3O/c1-18-13(8-11-4-3-7-19-15(11)17)10-5-6-12(16)14(9-10)20-2/h3-7,9,13,18H,8H2,1-2H3,(H2,17,19). The molecule has 0 bridgehead atoms. The van der Waals surface area contributed by atoms with Crippen molar-refractivity contribution in [3.8, 4) is 5.75 Å². The Morgan fingerprint density at radius 1 is 1.40 bits per heavy atom. The average Bonchev–Trinajstić information content (AvgIpc) is 2.47. The Balaban J connectivity index is 2.26. The molecule has 1 aromatic carbocycles. The first-order valence-corrected chi connectivity index (χ1v) is 6.35. The number of halogens is 1. The number of likely N-dealkylation sites (N-methyl/N-ethyl adjacent to an activating group) is 1. The number of pyridine rings is 1. The molecule has 0 aliphatic heterocycles. The largest absolute Gasteiger partial charge is 0.494 e. The lowest BCUT2D eigenvalue weighted by atomic mass is 9.99. The Labute approximate surface area is 117 Å². The number of aromatic nitrogens is 1. The van der Waals surface area contributed by atoms with Gasteiger partial charge in [0.2, 0.25) is 0 Å². The maximum atomic E-state index is 13.5. The molecule has 0 aliphatic rings. The zero-order chi connectivity index (χ0) is 14.5. The van der Waals surface area contributed by atoms with Gasteiger partial charge in [0.05, 0.1) is 7.11 Å². The summed E-state index contributed by atoms with van der Waals surface area (Å²) < 4.78 is 18.5. The van der Waals surface area contributed by atoms with Crippen molar-refractivity contribution in [2.75, 3.05) is 19.9 Å². The zero-order valence-electron chi connectivity index (χ0n) is 11.6. The Kier molecular flexibility index (Phi) is 4.53. The summed E-state index contributed by atoms with van der Waals surface area (Å²) in [6.07, 6.45) is 2.33. The van der Waals surface area contributed by atoms with E-state index in [0.29, 0.717) is 12.2 Å². The number of ether oxygens (including phenoxy) is 1. The summed E-state index contributed by atoms with van der Waals surface area (Å²) in [6, 6.07) is 8.65. The van der Waals surface area contributed by atoms with E-state index in [1.54, 1.807) is 18.3 Å². The fraction of sp³-hybridized carbons (Fsp3) is 0.267. The predicted molar refractivity (Wildman–Crippen MR) is 77.1 cm³/mol. The highest BCUT2D eigenvalue weighted by Gasteiger charge is 2.14. The van der Waals surface area contributed by atoms with Crippen LogP contribution in [0.2, 0.25) is 0 Å². The summed E-state index contributed by atoms with van der Waals surface area (Å²) in [6.45, 7) is 0. The van der Waals surface area contributed by atoms with Gasteiger partial charge in [0, 0.05) is 12.2 Å². The molecule has 0 aliphatic carbocycles. The minimum Gasteiger partial charge on any atom is -0.494 e. The monoisotopic (exact) mass is 275 g/mol. The highest BCUT2D eigenvalue weighted by atomic mass is 19.1. The maximum absolute atomic E-state index is 13.5. The summed E-state index contributed by atoms with van der Waals surface area (Å²) >= 11 is 0. The third kappa shape index (κ3) is 3.05. The topological polar surface area (TPSA) is 60.2 Å². The van der Waals surface area contributed by atoms with Gasteiger partial charge in [-0.1, -0.05) is 12.1 Å². The molecule has 0 saturated carbocycles. The van der Waals surface area contributed by atoms with E-state index < -0.39 is 0 Å². The third-order valence-electron chi connectivity index (χ3n) is 3.28. The second-order valence-electron chi connectivity index (χ2n) is 4.49. The highest BCUT2D eigenvalue weighted by molar-refractivity contribution is 5.40. The molecule has 0 saturated heterocycles. The Morgan fingerprint density at radius 2 is 2.20 bits per heavy atom. The second kappa shape index (κ2) is 6.34. The number of nitrogen functional groups attached to an aromatic ring is 1. The van der Waals surface area contributed by atoms with E-state index in [1.807, 2.05) is 19.2 Å². The fourth-order valence-electron chi connectivity index (χ4n) is 2.12. The molecule has 20 heavy (non-hydrogen) atoms. The van der Waals surface area contributed by atoms with Gasteiger partial charge in [-0.3, -0.25) is 0 Å². The minimum absolute atomic E-state index is 0.0102. The first-order valence-electron chi connectivity index (χ1n) is 6.35. The number of nitrogens with two attached hydrogens (primary N) is 1. The van der Waals surface area contributed by atoms with Crippen LogP contribution in [-0.4, -0.2) is 19.1 Å². The molecule has 3 N–H and O–H groups in total. The number of hydrogen-bond donors (Lipinski definition) is 2. The van der Waals surface area contributed by atoms with Crippen LogP contribution in [0.25, 0.3) is 0 Å². The smallest absolute Gasteiger partial charge is 0.165 e. The molecule has 2 aromatic rings. The number of methoxy groups -OCH3 is 1. The lowest BCUT2D eigenvalue weighted by Gasteiger charge is -2.18. The molecule has 0 spiro atoms. The van der Waals surface area contributed by atoms with Crippen molar-refractivity contribution in [1.29, 1.82) is 0 Å². The molecular weight excluding hydrogens is 257 g/mol. The number of nitrogens with one attached hydrogen (secondary N) is 1. The summed E-state index contributed by atoms with van der Waals surface area (Å²) in [5.41, 5.74) is 7.75. The normalized spacial score (nSPS) is 12.2. The van der Waals surface area contributed by atoms with Crippen molar-refractivity contribution < 1.29 is 9.13 Å². The van der Waals surface area contributed by atoms with Crippen LogP contribution in [0.3, 0.4) is 0 Å². The van der Waals surface area contributed by atoms with E-state index in [0.717, 1.165) is 11.1 Å². The first kappa shape index (κ1) is 14.3. The van der Waals surface area contributed by atoms with Gasteiger partial charge in [-0.15, -0.1) is 0 Å². The average molecular weight is 275 g/mol. The molecule has 0 amide bonds. The molecule has 5 heteroatoms. The van der Waals surface area contributed by atoms with E-state index in [1.165, 1.54) is 13.2 Å². The molecule has 106 valence electrons. The molecule has 1 atom stereocenters. The predicted octanol–water partition coefficient (Wildman–Crippen LogP) is 2.31. The van der Waals surface area contributed by atoms with E-state index in [2.05, 4.69) is 10.3 Å². The van der Waals surface area contributed by atoms with Gasteiger partial charge in [-0.25, -0.2) is 9.37 Å². The molecular formula is C15H18FN3O. The minimum atomic E-state index is -0.369. The van der Waals surface area contributed by atoms with Crippen LogP contribution < -0.4 is 15.8 Å². The molecule has 1 unspecified atom stereocenters. The van der Waals surface area contributed by atoms with E-state index >= 15 is 0 Å². The van der Waals surface area contributed by atoms with Gasteiger partial charge < -0.3 is 15.8 Å². The fourth-order valence-corrected chi connectivity index (χ4v) is 2.12. The van der Waals surface area contributed by atoms with E-state index in [-0.39, 0.29) is 17.6 Å². The van der Waals surface area contributed by atoms with Gasteiger partial charge in [-0.05, 0) is 42.8 Å². The van der Waals surface area contributed by atoms with Gasteiger partial charge in [0.15, 0.2) is 11.6 Å². The van der Waals surface area contributed by atoms with E-state index in [4.69, 9.17) is 10.5 Å². The van der Waals surface area contributed by atoms with Crippen molar-refractivity contribution in [3.05, 3.63) is 53.5 Å². The van der Waals surface area contributed by atoms with Crippen molar-refractivity contribution in [1.82, 2.24) is 10.3 Å². The van der Waals surface area contributed by atoms with Crippen LogP contribution in [-0.2, 0) is 6.42 Å². The molecule has 0 fully saturated rings. The lowest BCUT2D eigenvalue weighted by molar-refractivity contribution is 0.385.